The van der Waals surface area contributed by atoms with Crippen molar-refractivity contribution in [1.29, 1.82) is 0 Å². The van der Waals surface area contributed by atoms with Gasteiger partial charge >= 0.3 is 0 Å². The van der Waals surface area contributed by atoms with Gasteiger partial charge in [0.25, 0.3) is 0 Å². The van der Waals surface area contributed by atoms with Gasteiger partial charge in [-0.25, -0.2) is 8.78 Å². The predicted molar refractivity (Wildman–Crippen MR) is 82.7 cm³/mol. The number of halogens is 3. The van der Waals surface area contributed by atoms with Crippen molar-refractivity contribution in [2.24, 2.45) is 0 Å². The minimum Gasteiger partial charge on any atom is -0.306 e. The van der Waals surface area contributed by atoms with Gasteiger partial charge in [-0.3, -0.25) is 0 Å². The molecule has 0 saturated carbocycles. The second-order valence-corrected chi connectivity index (χ2v) is 6.56. The highest BCUT2D eigenvalue weighted by Crippen LogP contribution is 2.37. The van der Waals surface area contributed by atoms with E-state index in [1.807, 2.05) is 18.2 Å². The van der Waals surface area contributed by atoms with Crippen molar-refractivity contribution >= 4 is 23.4 Å². The van der Waals surface area contributed by atoms with Gasteiger partial charge in [-0.15, -0.1) is 11.8 Å². The van der Waals surface area contributed by atoms with Gasteiger partial charge in [0.1, 0.15) is 11.6 Å². The lowest BCUT2D eigenvalue weighted by atomic mass is 10.0. The van der Waals surface area contributed by atoms with Crippen molar-refractivity contribution in [3.63, 3.8) is 0 Å². The van der Waals surface area contributed by atoms with Gasteiger partial charge < -0.3 is 5.32 Å². The minimum atomic E-state index is -0.421. The zero-order valence-electron chi connectivity index (χ0n) is 11.2. The number of hydrogen-bond donors (Lipinski definition) is 1. The minimum absolute atomic E-state index is 0.114. The Morgan fingerprint density at radius 2 is 2.05 bits per heavy atom. The average molecular weight is 326 g/mol. The van der Waals surface area contributed by atoms with Gasteiger partial charge in [-0.2, -0.15) is 0 Å². The Kier molecular flexibility index (Phi) is 4.48. The highest BCUT2D eigenvalue weighted by Gasteiger charge is 2.21. The van der Waals surface area contributed by atoms with Gasteiger partial charge in [0, 0.05) is 28.1 Å². The van der Waals surface area contributed by atoms with Gasteiger partial charge in [0.05, 0.1) is 0 Å². The zero-order chi connectivity index (χ0) is 14.8. The largest absolute Gasteiger partial charge is 0.306 e. The van der Waals surface area contributed by atoms with Gasteiger partial charge in [-0.05, 0) is 54.1 Å². The molecule has 0 saturated heterocycles. The molecule has 0 aliphatic carbocycles. The van der Waals surface area contributed by atoms with Crippen LogP contribution in [0.4, 0.5) is 8.78 Å². The molecule has 0 radical (unpaired) electrons. The van der Waals surface area contributed by atoms with E-state index in [2.05, 4.69) is 5.32 Å². The van der Waals surface area contributed by atoms with Crippen LogP contribution in [0.25, 0.3) is 0 Å². The van der Waals surface area contributed by atoms with Gasteiger partial charge in [0.15, 0.2) is 0 Å². The van der Waals surface area contributed by atoms with Crippen molar-refractivity contribution in [2.75, 3.05) is 5.75 Å². The molecule has 1 atom stereocenters. The molecule has 1 unspecified atom stereocenters. The van der Waals surface area contributed by atoms with E-state index in [1.54, 1.807) is 11.8 Å². The van der Waals surface area contributed by atoms with Crippen molar-refractivity contribution < 1.29 is 8.78 Å². The molecule has 0 spiro atoms. The molecule has 2 aromatic carbocycles. The van der Waals surface area contributed by atoms with Crippen LogP contribution in [0.5, 0.6) is 0 Å². The second kappa shape index (κ2) is 6.34. The van der Waals surface area contributed by atoms with E-state index in [1.165, 1.54) is 11.0 Å². The molecule has 1 nitrogen and oxygen atoms in total. The third kappa shape index (κ3) is 3.39. The molecule has 1 heterocycles. The summed E-state index contributed by atoms with van der Waals surface area (Å²) in [5.41, 5.74) is 1.48. The van der Waals surface area contributed by atoms with E-state index in [0.717, 1.165) is 29.9 Å². The fourth-order valence-corrected chi connectivity index (χ4v) is 3.78. The molecule has 0 aromatic heterocycles. The van der Waals surface area contributed by atoms with Gasteiger partial charge in [-0.1, -0.05) is 11.6 Å². The summed E-state index contributed by atoms with van der Waals surface area (Å²) in [6.07, 6.45) is 0.939. The smallest absolute Gasteiger partial charge is 0.127 e. The molecule has 2 aromatic rings. The molecule has 110 valence electrons. The van der Waals surface area contributed by atoms with Crippen molar-refractivity contribution in [3.8, 4) is 0 Å². The Morgan fingerprint density at radius 3 is 2.90 bits per heavy atom. The number of fused-ring (bicyclic) bond motifs is 1. The zero-order valence-corrected chi connectivity index (χ0v) is 12.8. The van der Waals surface area contributed by atoms with Crippen LogP contribution in [0.2, 0.25) is 5.02 Å². The summed E-state index contributed by atoms with van der Waals surface area (Å²) < 4.78 is 26.8. The second-order valence-electron chi connectivity index (χ2n) is 4.99. The molecule has 0 bridgehead atoms. The van der Waals surface area contributed by atoms with E-state index in [4.69, 9.17) is 11.6 Å². The summed E-state index contributed by atoms with van der Waals surface area (Å²) in [4.78, 5) is 1.20. The average Bonchev–Trinajstić information content (AvgIpc) is 2.48. The molecule has 0 fully saturated rings. The monoisotopic (exact) mass is 325 g/mol. The lowest BCUT2D eigenvalue weighted by Gasteiger charge is -2.26. The van der Waals surface area contributed by atoms with Crippen LogP contribution in [0.3, 0.4) is 0 Å². The Balaban J connectivity index is 1.78. The summed E-state index contributed by atoms with van der Waals surface area (Å²) in [6.45, 7) is 0.297. The molecule has 1 aliphatic heterocycles. The maximum Gasteiger partial charge on any atom is 0.127 e. The van der Waals surface area contributed by atoms with Crippen LogP contribution in [0.1, 0.15) is 23.6 Å². The molecule has 1 N–H and O–H groups in total. The van der Waals surface area contributed by atoms with Crippen molar-refractivity contribution in [2.45, 2.75) is 23.9 Å². The summed E-state index contributed by atoms with van der Waals surface area (Å²) in [7, 11) is 0. The maximum atomic E-state index is 13.7. The van der Waals surface area contributed by atoms with Crippen LogP contribution in [0, 0.1) is 11.6 Å². The highest BCUT2D eigenvalue weighted by atomic mass is 35.5. The Hall–Kier alpha value is -1.10. The number of benzene rings is 2. The first-order chi connectivity index (χ1) is 10.1. The SMILES string of the molecule is Fc1ccc(F)c(CNC2CCSc3ccc(Cl)cc32)c1. The third-order valence-electron chi connectivity index (χ3n) is 3.56. The highest BCUT2D eigenvalue weighted by molar-refractivity contribution is 7.99. The quantitative estimate of drug-likeness (QED) is 0.857. The summed E-state index contributed by atoms with van der Waals surface area (Å²) >= 11 is 7.85. The molecule has 5 heteroatoms. The topological polar surface area (TPSA) is 12.0 Å². The number of hydrogen-bond acceptors (Lipinski definition) is 2. The van der Waals surface area contributed by atoms with E-state index >= 15 is 0 Å². The van der Waals surface area contributed by atoms with Crippen molar-refractivity contribution in [3.05, 3.63) is 64.2 Å². The lowest BCUT2D eigenvalue weighted by Crippen LogP contribution is -2.24. The Bertz CT molecular complexity index is 663. The van der Waals surface area contributed by atoms with Crippen LogP contribution in [0.15, 0.2) is 41.3 Å². The van der Waals surface area contributed by atoms with E-state index in [9.17, 15) is 8.78 Å². The standard InChI is InChI=1S/C16H14ClF2NS/c17-11-1-4-16-13(8-11)15(5-6-21-16)20-9-10-7-12(18)2-3-14(10)19/h1-4,7-8,15,20H,5-6,9H2. The first kappa shape index (κ1) is 14.8. The Labute approximate surface area is 131 Å². The molecule has 21 heavy (non-hydrogen) atoms. The van der Waals surface area contributed by atoms with Crippen LogP contribution >= 0.6 is 23.4 Å². The van der Waals surface area contributed by atoms with Crippen LogP contribution < -0.4 is 5.32 Å². The Morgan fingerprint density at radius 1 is 1.19 bits per heavy atom. The molecular weight excluding hydrogens is 312 g/mol. The summed E-state index contributed by atoms with van der Waals surface area (Å²) in [5, 5.41) is 4.01. The van der Waals surface area contributed by atoms with Crippen LogP contribution in [-0.4, -0.2) is 5.75 Å². The molecule has 1 aliphatic rings. The maximum absolute atomic E-state index is 13.7. The molecular formula is C16H14ClF2NS. The third-order valence-corrected chi connectivity index (χ3v) is 4.92. The van der Waals surface area contributed by atoms with Gasteiger partial charge in [0.2, 0.25) is 0 Å². The first-order valence-electron chi connectivity index (χ1n) is 6.73. The number of rotatable bonds is 3. The van der Waals surface area contributed by atoms with E-state index in [0.29, 0.717) is 17.1 Å². The summed E-state index contributed by atoms with van der Waals surface area (Å²) in [6, 6.07) is 9.48. The number of thioether (sulfide) groups is 1. The fourth-order valence-electron chi connectivity index (χ4n) is 2.49. The fraction of sp³-hybridized carbons (Fsp3) is 0.250. The van der Waals surface area contributed by atoms with E-state index in [-0.39, 0.29) is 11.9 Å². The first-order valence-corrected chi connectivity index (χ1v) is 8.09. The molecule has 3 rings (SSSR count). The normalized spacial score (nSPS) is 17.6. The van der Waals surface area contributed by atoms with E-state index < -0.39 is 5.82 Å². The molecule has 0 amide bonds. The van der Waals surface area contributed by atoms with Crippen LogP contribution in [-0.2, 0) is 6.54 Å². The number of nitrogens with one attached hydrogen (secondary N) is 1. The predicted octanol–water partition coefficient (Wildman–Crippen LogP) is 4.94. The van der Waals surface area contributed by atoms with Crippen molar-refractivity contribution in [1.82, 2.24) is 5.32 Å². The lowest BCUT2D eigenvalue weighted by molar-refractivity contribution is 0.493. The summed E-state index contributed by atoms with van der Waals surface area (Å²) in [5.74, 6) is 0.189.